The number of Topliss-reactive ketones (excluding diaryl/α,β-unsaturated/α-hetero) is 1. The van der Waals surface area contributed by atoms with Gasteiger partial charge in [0.2, 0.25) is 0 Å². The molecule has 15 heavy (non-hydrogen) atoms. The smallest absolute Gasteiger partial charge is 0.170 e. The molecule has 1 fully saturated rings. The number of benzene rings is 1. The quantitative estimate of drug-likeness (QED) is 0.766. The van der Waals surface area contributed by atoms with E-state index in [0.29, 0.717) is 6.54 Å². The number of hydrogen-bond acceptors (Lipinski definition) is 2. The Morgan fingerprint density at radius 3 is 2.67 bits per heavy atom. The van der Waals surface area contributed by atoms with Crippen LogP contribution in [0.5, 0.6) is 0 Å². The SMILES string of the molecule is Cc1cccc(C(=O)C2(CN)CCC2)c1. The zero-order valence-corrected chi connectivity index (χ0v) is 9.12. The molecule has 0 radical (unpaired) electrons. The van der Waals surface area contributed by atoms with Crippen molar-refractivity contribution < 1.29 is 4.79 Å². The van der Waals surface area contributed by atoms with Crippen molar-refractivity contribution in [3.63, 3.8) is 0 Å². The van der Waals surface area contributed by atoms with E-state index >= 15 is 0 Å². The molecule has 1 aliphatic carbocycles. The molecule has 0 heterocycles. The predicted molar refractivity (Wildman–Crippen MR) is 60.8 cm³/mol. The maximum Gasteiger partial charge on any atom is 0.170 e. The first kappa shape index (κ1) is 10.4. The first-order valence-corrected chi connectivity index (χ1v) is 5.49. The Morgan fingerprint density at radius 1 is 1.47 bits per heavy atom. The number of carbonyl (C=O) groups is 1. The van der Waals surface area contributed by atoms with Crippen LogP contribution in [0.1, 0.15) is 35.2 Å². The molecular formula is C13H17NO. The third-order valence-corrected chi connectivity index (χ3v) is 3.46. The normalized spacial score (nSPS) is 18.3. The van der Waals surface area contributed by atoms with Gasteiger partial charge < -0.3 is 5.73 Å². The molecule has 0 amide bonds. The molecule has 0 atom stereocenters. The third kappa shape index (κ3) is 1.70. The molecule has 0 saturated heterocycles. The Kier molecular flexibility index (Phi) is 2.61. The van der Waals surface area contributed by atoms with Gasteiger partial charge in [-0.05, 0) is 25.8 Å². The highest BCUT2D eigenvalue weighted by molar-refractivity contribution is 6.01. The predicted octanol–water partition coefficient (Wildman–Crippen LogP) is 2.31. The van der Waals surface area contributed by atoms with E-state index in [0.717, 1.165) is 30.4 Å². The van der Waals surface area contributed by atoms with Crippen molar-refractivity contribution in [2.75, 3.05) is 6.54 Å². The number of rotatable bonds is 3. The van der Waals surface area contributed by atoms with Gasteiger partial charge in [-0.1, -0.05) is 30.2 Å². The maximum atomic E-state index is 12.3. The van der Waals surface area contributed by atoms with E-state index in [1.807, 2.05) is 31.2 Å². The largest absolute Gasteiger partial charge is 0.329 e. The van der Waals surface area contributed by atoms with Gasteiger partial charge in [0.25, 0.3) is 0 Å². The lowest BCUT2D eigenvalue weighted by Crippen LogP contribution is -2.44. The zero-order chi connectivity index (χ0) is 10.9. The van der Waals surface area contributed by atoms with Gasteiger partial charge in [0.05, 0.1) is 0 Å². The molecule has 1 aliphatic rings. The van der Waals surface area contributed by atoms with Gasteiger partial charge in [0, 0.05) is 17.5 Å². The van der Waals surface area contributed by atoms with E-state index in [1.54, 1.807) is 0 Å². The Hall–Kier alpha value is -1.15. The van der Waals surface area contributed by atoms with E-state index < -0.39 is 0 Å². The van der Waals surface area contributed by atoms with Crippen LogP contribution >= 0.6 is 0 Å². The molecule has 1 aromatic carbocycles. The summed E-state index contributed by atoms with van der Waals surface area (Å²) in [5.74, 6) is 0.236. The van der Waals surface area contributed by atoms with Crippen molar-refractivity contribution in [3.8, 4) is 0 Å². The van der Waals surface area contributed by atoms with Gasteiger partial charge in [-0.15, -0.1) is 0 Å². The van der Waals surface area contributed by atoms with Crippen LogP contribution in [0, 0.1) is 12.3 Å². The van der Waals surface area contributed by atoms with Crippen LogP contribution in [-0.4, -0.2) is 12.3 Å². The van der Waals surface area contributed by atoms with Crippen LogP contribution in [-0.2, 0) is 0 Å². The highest BCUT2D eigenvalue weighted by atomic mass is 16.1. The minimum atomic E-state index is -0.242. The summed E-state index contributed by atoms with van der Waals surface area (Å²) in [7, 11) is 0. The Labute approximate surface area is 90.5 Å². The molecule has 1 aromatic rings. The fraction of sp³-hybridized carbons (Fsp3) is 0.462. The van der Waals surface area contributed by atoms with Gasteiger partial charge in [-0.3, -0.25) is 4.79 Å². The number of ketones is 1. The van der Waals surface area contributed by atoms with Crippen molar-refractivity contribution in [3.05, 3.63) is 35.4 Å². The van der Waals surface area contributed by atoms with Crippen molar-refractivity contribution in [2.24, 2.45) is 11.1 Å². The van der Waals surface area contributed by atoms with Crippen LogP contribution in [0.25, 0.3) is 0 Å². The lowest BCUT2D eigenvalue weighted by molar-refractivity contribution is 0.0636. The lowest BCUT2D eigenvalue weighted by Gasteiger charge is -2.39. The topological polar surface area (TPSA) is 43.1 Å². The molecule has 0 bridgehead atoms. The molecule has 0 spiro atoms. The molecule has 0 aliphatic heterocycles. The van der Waals surface area contributed by atoms with E-state index in [9.17, 15) is 4.79 Å². The van der Waals surface area contributed by atoms with Crippen molar-refractivity contribution >= 4 is 5.78 Å². The van der Waals surface area contributed by atoms with Crippen LogP contribution < -0.4 is 5.73 Å². The van der Waals surface area contributed by atoms with Crippen molar-refractivity contribution in [1.82, 2.24) is 0 Å². The van der Waals surface area contributed by atoms with Crippen LogP contribution in [0.15, 0.2) is 24.3 Å². The summed E-state index contributed by atoms with van der Waals surface area (Å²) in [6.07, 6.45) is 3.04. The summed E-state index contributed by atoms with van der Waals surface area (Å²) in [6, 6.07) is 7.79. The van der Waals surface area contributed by atoms with Crippen LogP contribution in [0.2, 0.25) is 0 Å². The number of hydrogen-bond donors (Lipinski definition) is 1. The average Bonchev–Trinajstić information content (AvgIpc) is 2.17. The van der Waals surface area contributed by atoms with E-state index in [4.69, 9.17) is 5.73 Å². The minimum absolute atomic E-state index is 0.236. The summed E-state index contributed by atoms with van der Waals surface area (Å²) in [4.78, 5) is 12.3. The highest BCUT2D eigenvalue weighted by Crippen LogP contribution is 2.42. The standard InChI is InChI=1S/C13H17NO/c1-10-4-2-5-11(8-10)12(15)13(9-14)6-3-7-13/h2,4-5,8H,3,6-7,9,14H2,1H3. The molecule has 2 rings (SSSR count). The van der Waals surface area contributed by atoms with Crippen LogP contribution in [0.3, 0.4) is 0 Å². The lowest BCUT2D eigenvalue weighted by atomic mass is 9.64. The summed E-state index contributed by atoms with van der Waals surface area (Å²) < 4.78 is 0. The Morgan fingerprint density at radius 2 is 2.20 bits per heavy atom. The molecule has 2 heteroatoms. The van der Waals surface area contributed by atoms with E-state index in [2.05, 4.69) is 0 Å². The monoisotopic (exact) mass is 203 g/mol. The second-order valence-electron chi connectivity index (χ2n) is 4.54. The van der Waals surface area contributed by atoms with Gasteiger partial charge in [-0.25, -0.2) is 0 Å². The second-order valence-corrected chi connectivity index (χ2v) is 4.54. The number of carbonyl (C=O) groups excluding carboxylic acids is 1. The zero-order valence-electron chi connectivity index (χ0n) is 9.12. The number of nitrogens with two attached hydrogens (primary N) is 1. The molecule has 2 nitrogen and oxygen atoms in total. The van der Waals surface area contributed by atoms with E-state index in [-0.39, 0.29) is 11.2 Å². The van der Waals surface area contributed by atoms with Crippen molar-refractivity contribution in [2.45, 2.75) is 26.2 Å². The summed E-state index contributed by atoms with van der Waals surface area (Å²) in [5.41, 5.74) is 7.43. The van der Waals surface area contributed by atoms with Gasteiger partial charge in [0.1, 0.15) is 0 Å². The third-order valence-electron chi connectivity index (χ3n) is 3.46. The highest BCUT2D eigenvalue weighted by Gasteiger charge is 2.42. The molecular weight excluding hydrogens is 186 g/mol. The van der Waals surface area contributed by atoms with Crippen LogP contribution in [0.4, 0.5) is 0 Å². The Balaban J connectivity index is 2.27. The number of aryl methyl sites for hydroxylation is 1. The van der Waals surface area contributed by atoms with Gasteiger partial charge in [-0.2, -0.15) is 0 Å². The summed E-state index contributed by atoms with van der Waals surface area (Å²) in [5, 5.41) is 0. The average molecular weight is 203 g/mol. The van der Waals surface area contributed by atoms with Gasteiger partial charge >= 0.3 is 0 Å². The van der Waals surface area contributed by atoms with Gasteiger partial charge in [0.15, 0.2) is 5.78 Å². The molecule has 0 unspecified atom stereocenters. The second kappa shape index (κ2) is 3.78. The molecule has 80 valence electrons. The Bertz CT molecular complexity index is 374. The molecule has 0 aromatic heterocycles. The fourth-order valence-corrected chi connectivity index (χ4v) is 2.22. The van der Waals surface area contributed by atoms with Crippen molar-refractivity contribution in [1.29, 1.82) is 0 Å². The summed E-state index contributed by atoms with van der Waals surface area (Å²) >= 11 is 0. The first-order valence-electron chi connectivity index (χ1n) is 5.49. The molecule has 2 N–H and O–H groups in total. The fourth-order valence-electron chi connectivity index (χ4n) is 2.22. The molecule has 1 saturated carbocycles. The minimum Gasteiger partial charge on any atom is -0.329 e. The maximum absolute atomic E-state index is 12.3. The van der Waals surface area contributed by atoms with E-state index in [1.165, 1.54) is 0 Å². The first-order chi connectivity index (χ1) is 7.18. The summed E-state index contributed by atoms with van der Waals surface area (Å²) in [6.45, 7) is 2.49.